The number of piperazine rings is 1. The number of pyridine rings is 1. The molecular formula is C26H35ClN10O2. The summed E-state index contributed by atoms with van der Waals surface area (Å²) in [5.74, 6) is 2.65. The Morgan fingerprint density at radius 3 is 2.56 bits per heavy atom. The van der Waals surface area contributed by atoms with Crippen LogP contribution < -0.4 is 15.5 Å². The van der Waals surface area contributed by atoms with Crippen molar-refractivity contribution >= 4 is 46.8 Å². The van der Waals surface area contributed by atoms with E-state index in [0.717, 1.165) is 34.8 Å². The van der Waals surface area contributed by atoms with Gasteiger partial charge in [-0.25, -0.2) is 14.8 Å². The second kappa shape index (κ2) is 10.5. The molecule has 1 atom stereocenters. The Balaban J connectivity index is 1.39. The molecule has 1 amide bonds. The van der Waals surface area contributed by atoms with Gasteiger partial charge in [-0.1, -0.05) is 16.8 Å². The fourth-order valence-electron chi connectivity index (χ4n) is 4.60. The number of halogens is 1. The topological polar surface area (TPSA) is 126 Å². The van der Waals surface area contributed by atoms with E-state index in [0.29, 0.717) is 49.0 Å². The maximum Gasteiger partial charge on any atom is 0.410 e. The Hall–Kier alpha value is -3.67. The maximum absolute atomic E-state index is 12.7. The van der Waals surface area contributed by atoms with Gasteiger partial charge in [0.25, 0.3) is 0 Å². The third-order valence-electron chi connectivity index (χ3n) is 6.62. The smallest absolute Gasteiger partial charge is 0.410 e. The fraction of sp³-hybridized carbons (Fsp3) is 0.538. The Morgan fingerprint density at radius 2 is 1.92 bits per heavy atom. The van der Waals surface area contributed by atoms with Crippen LogP contribution in [0.5, 0.6) is 0 Å². The molecule has 39 heavy (non-hydrogen) atoms. The van der Waals surface area contributed by atoms with Gasteiger partial charge in [0.15, 0.2) is 11.6 Å². The number of carbonyl (C=O) groups is 1. The first kappa shape index (κ1) is 26.9. The summed E-state index contributed by atoms with van der Waals surface area (Å²) in [4.78, 5) is 30.6. The van der Waals surface area contributed by atoms with E-state index in [-0.39, 0.29) is 12.1 Å². The summed E-state index contributed by atoms with van der Waals surface area (Å²) in [6.07, 6.45) is 5.52. The van der Waals surface area contributed by atoms with E-state index in [1.807, 2.05) is 40.7 Å². The van der Waals surface area contributed by atoms with Crippen molar-refractivity contribution < 1.29 is 9.53 Å². The van der Waals surface area contributed by atoms with Crippen LogP contribution in [0.15, 0.2) is 18.5 Å². The van der Waals surface area contributed by atoms with Crippen LogP contribution in [0.3, 0.4) is 0 Å². The summed E-state index contributed by atoms with van der Waals surface area (Å²) in [6, 6.07) is 1.91. The summed E-state index contributed by atoms with van der Waals surface area (Å²) in [5, 5.41) is 15.4. The molecule has 3 aromatic rings. The lowest BCUT2D eigenvalue weighted by molar-refractivity contribution is 0.0159. The van der Waals surface area contributed by atoms with Crippen LogP contribution >= 0.6 is 11.6 Å². The largest absolute Gasteiger partial charge is 0.444 e. The Labute approximate surface area is 233 Å². The molecule has 1 aliphatic carbocycles. The molecule has 13 heteroatoms. The average Bonchev–Trinajstić information content (AvgIpc) is 3.61. The van der Waals surface area contributed by atoms with Crippen LogP contribution in [0.4, 0.5) is 33.9 Å². The predicted octanol–water partition coefficient (Wildman–Crippen LogP) is 4.77. The van der Waals surface area contributed by atoms with Gasteiger partial charge in [0, 0.05) is 32.7 Å². The fourth-order valence-corrected chi connectivity index (χ4v) is 4.86. The highest BCUT2D eigenvalue weighted by Crippen LogP contribution is 2.44. The minimum atomic E-state index is -0.546. The Kier molecular flexibility index (Phi) is 7.23. The summed E-state index contributed by atoms with van der Waals surface area (Å²) in [5.41, 5.74) is 2.13. The number of nitrogens with one attached hydrogen (secondary N) is 2. The van der Waals surface area contributed by atoms with Crippen molar-refractivity contribution in [1.82, 2.24) is 34.8 Å². The standard InChI is InChI=1S/C26H35ClN10O2/c1-15-13-36(9-10-37(15)25(38)39-26(3,4)5)19-12-28-24(32-23(19)30-21-14-35(6)34-33-21)31-20-11-18(17-7-8-17)22(27)16(2)29-20/h11-12,14-15,17H,7-10,13H2,1-6H3,(H2,28,29,30,31,32). The number of rotatable bonds is 6. The lowest BCUT2D eigenvalue weighted by Crippen LogP contribution is -2.55. The molecule has 0 spiro atoms. The highest BCUT2D eigenvalue weighted by atomic mass is 35.5. The zero-order valence-corrected chi connectivity index (χ0v) is 24.0. The van der Waals surface area contributed by atoms with Gasteiger partial charge in [-0.05, 0) is 65.0 Å². The SMILES string of the molecule is Cc1nc(Nc2ncc(N3CCN(C(=O)OC(C)(C)C)C(C)C3)c(Nc3cn(C)nn3)n2)cc(C2CC2)c1Cl. The number of ether oxygens (including phenoxy) is 1. The summed E-state index contributed by atoms with van der Waals surface area (Å²) in [7, 11) is 1.80. The van der Waals surface area contributed by atoms with Gasteiger partial charge < -0.3 is 25.2 Å². The molecule has 5 rings (SSSR count). The highest BCUT2D eigenvalue weighted by Gasteiger charge is 2.32. The van der Waals surface area contributed by atoms with Crippen molar-refractivity contribution in [3.8, 4) is 0 Å². The van der Waals surface area contributed by atoms with Gasteiger partial charge in [0.05, 0.1) is 28.8 Å². The van der Waals surface area contributed by atoms with Crippen LogP contribution in [0.2, 0.25) is 5.02 Å². The second-order valence-electron chi connectivity index (χ2n) is 11.2. The molecular weight excluding hydrogens is 520 g/mol. The van der Waals surface area contributed by atoms with Crippen molar-refractivity contribution in [3.05, 3.63) is 34.7 Å². The van der Waals surface area contributed by atoms with Crippen LogP contribution in [-0.2, 0) is 11.8 Å². The van der Waals surface area contributed by atoms with Crippen LogP contribution in [0, 0.1) is 6.92 Å². The van der Waals surface area contributed by atoms with Gasteiger partial charge in [0.1, 0.15) is 11.4 Å². The van der Waals surface area contributed by atoms with Gasteiger partial charge >= 0.3 is 6.09 Å². The third-order valence-corrected chi connectivity index (χ3v) is 7.11. The van der Waals surface area contributed by atoms with Crippen LogP contribution in [-0.4, -0.2) is 72.2 Å². The van der Waals surface area contributed by atoms with Crippen LogP contribution in [0.1, 0.15) is 57.7 Å². The number of aryl methyl sites for hydroxylation is 2. The zero-order chi connectivity index (χ0) is 27.9. The summed E-state index contributed by atoms with van der Waals surface area (Å²) < 4.78 is 7.21. The number of aromatic nitrogens is 6. The normalized spacial score (nSPS) is 17.8. The Morgan fingerprint density at radius 1 is 1.15 bits per heavy atom. The van der Waals surface area contributed by atoms with Gasteiger partial charge in [-0.15, -0.1) is 5.10 Å². The van der Waals surface area contributed by atoms with Crippen LogP contribution in [0.25, 0.3) is 0 Å². The van der Waals surface area contributed by atoms with Crippen molar-refractivity contribution in [2.24, 2.45) is 7.05 Å². The molecule has 3 aromatic heterocycles. The number of amides is 1. The van der Waals surface area contributed by atoms with E-state index >= 15 is 0 Å². The summed E-state index contributed by atoms with van der Waals surface area (Å²) >= 11 is 6.52. The molecule has 2 fully saturated rings. The third kappa shape index (κ3) is 6.32. The summed E-state index contributed by atoms with van der Waals surface area (Å²) in [6.45, 7) is 11.2. The first-order chi connectivity index (χ1) is 18.5. The molecule has 1 unspecified atom stereocenters. The van der Waals surface area contributed by atoms with Gasteiger partial charge in [0.2, 0.25) is 5.95 Å². The first-order valence-electron chi connectivity index (χ1n) is 13.2. The van der Waals surface area contributed by atoms with E-state index in [4.69, 9.17) is 21.3 Å². The van der Waals surface area contributed by atoms with Gasteiger partial charge in [-0.3, -0.25) is 4.68 Å². The molecule has 0 radical (unpaired) electrons. The number of anilines is 5. The zero-order valence-electron chi connectivity index (χ0n) is 23.2. The Bertz CT molecular complexity index is 1370. The van der Waals surface area contributed by atoms with E-state index in [1.165, 1.54) is 0 Å². The van der Waals surface area contributed by atoms with E-state index in [2.05, 4.69) is 35.8 Å². The van der Waals surface area contributed by atoms with Gasteiger partial charge in [-0.2, -0.15) is 4.98 Å². The minimum Gasteiger partial charge on any atom is -0.444 e. The molecule has 2 aliphatic rings. The quantitative estimate of drug-likeness (QED) is 0.440. The lowest BCUT2D eigenvalue weighted by atomic mass is 10.1. The van der Waals surface area contributed by atoms with Crippen molar-refractivity contribution in [3.63, 3.8) is 0 Å². The molecule has 1 saturated heterocycles. The maximum atomic E-state index is 12.7. The van der Waals surface area contributed by atoms with E-state index < -0.39 is 5.60 Å². The highest BCUT2D eigenvalue weighted by molar-refractivity contribution is 6.32. The van der Waals surface area contributed by atoms with Crippen molar-refractivity contribution in [1.29, 1.82) is 0 Å². The van der Waals surface area contributed by atoms with Crippen molar-refractivity contribution in [2.45, 2.75) is 65.0 Å². The first-order valence-corrected chi connectivity index (χ1v) is 13.5. The number of hydrogen-bond acceptors (Lipinski definition) is 10. The molecule has 1 saturated carbocycles. The second-order valence-corrected chi connectivity index (χ2v) is 11.6. The molecule has 2 N–H and O–H groups in total. The minimum absolute atomic E-state index is 0.0714. The van der Waals surface area contributed by atoms with E-state index in [9.17, 15) is 4.79 Å². The van der Waals surface area contributed by atoms with E-state index in [1.54, 1.807) is 29.0 Å². The number of hydrogen-bond donors (Lipinski definition) is 2. The van der Waals surface area contributed by atoms with Crippen molar-refractivity contribution in [2.75, 3.05) is 35.2 Å². The number of nitrogens with zero attached hydrogens (tertiary/aromatic N) is 8. The average molecular weight is 555 g/mol. The number of carbonyl (C=O) groups excluding carboxylic acids is 1. The molecule has 12 nitrogen and oxygen atoms in total. The molecule has 0 aromatic carbocycles. The molecule has 1 aliphatic heterocycles. The molecule has 4 heterocycles. The molecule has 0 bridgehead atoms. The predicted molar refractivity (Wildman–Crippen MR) is 150 cm³/mol. The monoisotopic (exact) mass is 554 g/mol. The lowest BCUT2D eigenvalue weighted by Gasteiger charge is -2.41. The molecule has 208 valence electrons.